The maximum atomic E-state index is 12.4. The first-order valence-corrected chi connectivity index (χ1v) is 10.5. The van der Waals surface area contributed by atoms with E-state index in [9.17, 15) is 13.7 Å². The number of benzene rings is 1. The van der Waals surface area contributed by atoms with Gasteiger partial charge in [0.25, 0.3) is 0 Å². The van der Waals surface area contributed by atoms with Crippen LogP contribution in [0, 0.1) is 11.3 Å². The minimum absolute atomic E-state index is 0.231. The van der Waals surface area contributed by atoms with Crippen LogP contribution < -0.4 is 0 Å². The summed E-state index contributed by atoms with van der Waals surface area (Å²) in [6.07, 6.45) is 0.932. The van der Waals surface area contributed by atoms with Gasteiger partial charge in [0.1, 0.15) is 11.9 Å². The van der Waals surface area contributed by atoms with Crippen molar-refractivity contribution in [1.82, 2.24) is 18.8 Å². The van der Waals surface area contributed by atoms with Crippen molar-refractivity contribution in [3.05, 3.63) is 24.0 Å². The molecule has 0 amide bonds. The van der Waals surface area contributed by atoms with E-state index in [0.717, 1.165) is 24.3 Å². The number of sulfonamides is 1. The number of ether oxygens (including phenoxy) is 1. The third kappa shape index (κ3) is 3.84. The molecular formula is C18H25N5O3S. The lowest BCUT2D eigenvalue weighted by atomic mass is 10.2. The molecule has 8 nitrogen and oxygen atoms in total. The van der Waals surface area contributed by atoms with Crippen LogP contribution in [0.3, 0.4) is 0 Å². The van der Waals surface area contributed by atoms with Crippen LogP contribution in [-0.4, -0.2) is 67.1 Å². The first kappa shape index (κ1) is 19.8. The first-order chi connectivity index (χ1) is 12.9. The van der Waals surface area contributed by atoms with E-state index >= 15 is 0 Å². The van der Waals surface area contributed by atoms with Gasteiger partial charge >= 0.3 is 0 Å². The van der Waals surface area contributed by atoms with Crippen LogP contribution >= 0.6 is 0 Å². The van der Waals surface area contributed by atoms with Gasteiger partial charge in [0.2, 0.25) is 10.0 Å². The Morgan fingerprint density at radius 1 is 1.41 bits per heavy atom. The fourth-order valence-electron chi connectivity index (χ4n) is 3.25. The van der Waals surface area contributed by atoms with Gasteiger partial charge < -0.3 is 9.30 Å². The summed E-state index contributed by atoms with van der Waals surface area (Å²) in [6, 6.07) is 7.06. The Labute approximate surface area is 160 Å². The summed E-state index contributed by atoms with van der Waals surface area (Å²) < 4.78 is 33.6. The molecular weight excluding hydrogens is 366 g/mol. The second-order valence-corrected chi connectivity index (χ2v) is 8.96. The number of nitriles is 1. The Bertz CT molecular complexity index is 961. The number of aromatic nitrogens is 2. The van der Waals surface area contributed by atoms with Gasteiger partial charge in [-0.3, -0.25) is 4.90 Å². The van der Waals surface area contributed by atoms with Crippen molar-refractivity contribution >= 4 is 21.1 Å². The number of morpholine rings is 1. The largest absolute Gasteiger partial charge is 0.377 e. The quantitative estimate of drug-likeness (QED) is 0.740. The monoisotopic (exact) mass is 391 g/mol. The average Bonchev–Trinajstić information content (AvgIpc) is 2.99. The lowest BCUT2D eigenvalue weighted by Crippen LogP contribution is -2.44. The van der Waals surface area contributed by atoms with E-state index in [0.29, 0.717) is 31.8 Å². The molecule has 1 aromatic heterocycles. The predicted octanol–water partition coefficient (Wildman–Crippen LogP) is 1.42. The maximum absolute atomic E-state index is 12.4. The zero-order valence-corrected chi connectivity index (χ0v) is 16.7. The van der Waals surface area contributed by atoms with Crippen molar-refractivity contribution in [2.24, 2.45) is 0 Å². The highest BCUT2D eigenvalue weighted by Gasteiger charge is 2.25. The second kappa shape index (κ2) is 7.94. The van der Waals surface area contributed by atoms with E-state index in [-0.39, 0.29) is 10.9 Å². The fourth-order valence-corrected chi connectivity index (χ4v) is 4.17. The number of rotatable bonds is 6. The van der Waals surface area contributed by atoms with Crippen LogP contribution in [0.1, 0.15) is 19.2 Å². The Balaban J connectivity index is 2.02. The average molecular weight is 391 g/mol. The molecule has 0 unspecified atom stereocenters. The van der Waals surface area contributed by atoms with E-state index in [2.05, 4.69) is 22.5 Å². The Hall–Kier alpha value is -1.99. The summed E-state index contributed by atoms with van der Waals surface area (Å²) in [5, 5.41) is 9.36. The standard InChI is InChI=1S/C18H25N5O3S/c1-4-7-23-17-6-5-15(27(24,25)21(2)3)10-16(17)20-18(23)12-22-8-9-26-13-14(22)11-19/h5-6,10,14H,4,7-9,12-13H2,1-3H3/t14-/m0/s1. The number of nitrogens with zero attached hydrogens (tertiary/aromatic N) is 5. The van der Waals surface area contributed by atoms with Crippen molar-refractivity contribution in [2.45, 2.75) is 37.4 Å². The lowest BCUT2D eigenvalue weighted by Gasteiger charge is -2.30. The summed E-state index contributed by atoms with van der Waals surface area (Å²) >= 11 is 0. The molecule has 1 fully saturated rings. The highest BCUT2D eigenvalue weighted by molar-refractivity contribution is 7.89. The molecule has 0 saturated carbocycles. The van der Waals surface area contributed by atoms with Gasteiger partial charge in [0.15, 0.2) is 0 Å². The summed E-state index contributed by atoms with van der Waals surface area (Å²) in [6.45, 7) is 5.08. The van der Waals surface area contributed by atoms with Crippen LogP contribution in [0.25, 0.3) is 11.0 Å². The van der Waals surface area contributed by atoms with Gasteiger partial charge in [0.05, 0.1) is 41.8 Å². The maximum Gasteiger partial charge on any atom is 0.242 e. The van der Waals surface area contributed by atoms with Crippen molar-refractivity contribution in [2.75, 3.05) is 33.9 Å². The predicted molar refractivity (Wildman–Crippen MR) is 102 cm³/mol. The summed E-state index contributed by atoms with van der Waals surface area (Å²) in [5.41, 5.74) is 1.56. The third-order valence-electron chi connectivity index (χ3n) is 4.76. The molecule has 2 aromatic rings. The minimum atomic E-state index is -3.51. The molecule has 1 aromatic carbocycles. The molecule has 0 radical (unpaired) electrons. The molecule has 0 spiro atoms. The van der Waals surface area contributed by atoms with Crippen LogP contribution in [0.5, 0.6) is 0 Å². The van der Waals surface area contributed by atoms with Crippen LogP contribution in [0.4, 0.5) is 0 Å². The van der Waals surface area contributed by atoms with Gasteiger partial charge in [-0.25, -0.2) is 17.7 Å². The summed E-state index contributed by atoms with van der Waals surface area (Å²) in [5.74, 6) is 0.841. The number of hydrogen-bond acceptors (Lipinski definition) is 6. The van der Waals surface area contributed by atoms with Gasteiger partial charge in [-0.2, -0.15) is 5.26 Å². The molecule has 1 aliphatic rings. The first-order valence-electron chi connectivity index (χ1n) is 9.01. The Morgan fingerprint density at radius 2 is 2.19 bits per heavy atom. The number of aryl methyl sites for hydroxylation is 1. The molecule has 3 rings (SSSR count). The van der Waals surface area contributed by atoms with E-state index in [1.807, 2.05) is 6.07 Å². The van der Waals surface area contributed by atoms with Gasteiger partial charge in [-0.05, 0) is 24.6 Å². The minimum Gasteiger partial charge on any atom is -0.377 e. The molecule has 0 bridgehead atoms. The smallest absolute Gasteiger partial charge is 0.242 e. The van der Waals surface area contributed by atoms with Crippen molar-refractivity contribution < 1.29 is 13.2 Å². The number of imidazole rings is 1. The Kier molecular flexibility index (Phi) is 5.81. The summed E-state index contributed by atoms with van der Waals surface area (Å²) in [7, 11) is -0.480. The molecule has 1 aliphatic heterocycles. The van der Waals surface area contributed by atoms with Crippen molar-refractivity contribution in [1.29, 1.82) is 5.26 Å². The number of hydrogen-bond donors (Lipinski definition) is 0. The molecule has 1 atom stereocenters. The zero-order valence-electron chi connectivity index (χ0n) is 15.9. The molecule has 1 saturated heterocycles. The van der Waals surface area contributed by atoms with Gasteiger partial charge in [-0.1, -0.05) is 6.92 Å². The topological polar surface area (TPSA) is 91.5 Å². The van der Waals surface area contributed by atoms with E-state index in [1.165, 1.54) is 18.4 Å². The van der Waals surface area contributed by atoms with Gasteiger partial charge in [-0.15, -0.1) is 0 Å². The molecule has 9 heteroatoms. The van der Waals surface area contributed by atoms with Crippen LogP contribution in [-0.2, 0) is 27.8 Å². The molecule has 27 heavy (non-hydrogen) atoms. The SMILES string of the molecule is CCCn1c(CN2CCOC[C@@H]2C#N)nc2cc(S(=O)(=O)N(C)C)ccc21. The van der Waals surface area contributed by atoms with Crippen molar-refractivity contribution in [3.8, 4) is 6.07 Å². The summed E-state index contributed by atoms with van der Waals surface area (Å²) in [4.78, 5) is 7.01. The van der Waals surface area contributed by atoms with Crippen molar-refractivity contribution in [3.63, 3.8) is 0 Å². The lowest BCUT2D eigenvalue weighted by molar-refractivity contribution is 0.00736. The zero-order chi connectivity index (χ0) is 19.6. The molecule has 0 aliphatic carbocycles. The van der Waals surface area contributed by atoms with Gasteiger partial charge in [0, 0.05) is 27.2 Å². The normalized spacial score (nSPS) is 18.9. The molecule has 2 heterocycles. The molecule has 146 valence electrons. The Morgan fingerprint density at radius 3 is 2.85 bits per heavy atom. The van der Waals surface area contributed by atoms with Crippen LogP contribution in [0.2, 0.25) is 0 Å². The van der Waals surface area contributed by atoms with E-state index < -0.39 is 10.0 Å². The van der Waals surface area contributed by atoms with E-state index in [1.54, 1.807) is 12.1 Å². The highest BCUT2D eigenvalue weighted by Crippen LogP contribution is 2.24. The second-order valence-electron chi connectivity index (χ2n) is 6.81. The van der Waals surface area contributed by atoms with E-state index in [4.69, 9.17) is 9.72 Å². The highest BCUT2D eigenvalue weighted by atomic mass is 32.2. The third-order valence-corrected chi connectivity index (χ3v) is 6.57. The van der Waals surface area contributed by atoms with Crippen LogP contribution in [0.15, 0.2) is 23.1 Å². The number of fused-ring (bicyclic) bond motifs is 1. The molecule has 0 N–H and O–H groups in total. The fraction of sp³-hybridized carbons (Fsp3) is 0.556.